The molecule has 1 aliphatic carbocycles. The average molecular weight is 540 g/mol. The Kier molecular flexibility index (Phi) is 6.04. The summed E-state index contributed by atoms with van der Waals surface area (Å²) in [7, 11) is -3.85. The van der Waals surface area contributed by atoms with Crippen molar-refractivity contribution in [2.75, 3.05) is 10.0 Å². The van der Waals surface area contributed by atoms with Crippen LogP contribution in [0.25, 0.3) is 0 Å². The summed E-state index contributed by atoms with van der Waals surface area (Å²) in [6, 6.07) is 15.2. The standard InChI is InChI=1S/C24H18Cl4N2O2S/c25-13-4-7-18(20(27)10-13)24-17-3-1-2-16(17)19-12-15(6-9-22(19)29-24)33(31,32)30-23-8-5-14(26)11-21(23)28/h1-2,4-12,16-17,24,29-30H,3H2/t16-,17+,24-/m0/s1. The maximum Gasteiger partial charge on any atom is 0.261 e. The van der Waals surface area contributed by atoms with Gasteiger partial charge in [-0.15, -0.1) is 0 Å². The van der Waals surface area contributed by atoms with E-state index in [0.717, 1.165) is 23.2 Å². The van der Waals surface area contributed by atoms with Crippen LogP contribution in [0, 0.1) is 5.92 Å². The van der Waals surface area contributed by atoms with Crippen LogP contribution in [0.3, 0.4) is 0 Å². The number of rotatable bonds is 4. The van der Waals surface area contributed by atoms with Crippen LogP contribution >= 0.6 is 46.4 Å². The van der Waals surface area contributed by atoms with E-state index in [1.54, 1.807) is 36.4 Å². The fourth-order valence-electron chi connectivity index (χ4n) is 4.58. The minimum absolute atomic E-state index is 0.0178. The number of hydrogen-bond donors (Lipinski definition) is 2. The van der Waals surface area contributed by atoms with E-state index in [9.17, 15) is 8.42 Å². The molecule has 3 aromatic rings. The Bertz CT molecular complexity index is 1390. The lowest BCUT2D eigenvalue weighted by Gasteiger charge is -2.38. The smallest absolute Gasteiger partial charge is 0.261 e. The van der Waals surface area contributed by atoms with Gasteiger partial charge in [0.25, 0.3) is 10.0 Å². The summed E-state index contributed by atoms with van der Waals surface area (Å²) in [5.41, 5.74) is 3.05. The van der Waals surface area contributed by atoms with Gasteiger partial charge in [-0.2, -0.15) is 0 Å². The molecule has 0 unspecified atom stereocenters. The first-order valence-corrected chi connectivity index (χ1v) is 13.2. The summed E-state index contributed by atoms with van der Waals surface area (Å²) in [4.78, 5) is 0.163. The summed E-state index contributed by atoms with van der Waals surface area (Å²) < 4.78 is 28.8. The van der Waals surface area contributed by atoms with Crippen LogP contribution in [-0.4, -0.2) is 8.42 Å². The maximum atomic E-state index is 13.1. The van der Waals surface area contributed by atoms with Gasteiger partial charge in [0.05, 0.1) is 21.6 Å². The highest BCUT2D eigenvalue weighted by atomic mass is 35.5. The molecule has 2 N–H and O–H groups in total. The van der Waals surface area contributed by atoms with Gasteiger partial charge in [-0.3, -0.25) is 4.72 Å². The van der Waals surface area contributed by atoms with E-state index < -0.39 is 10.0 Å². The minimum atomic E-state index is -3.85. The average Bonchev–Trinajstić information content (AvgIpc) is 3.25. The first-order chi connectivity index (χ1) is 15.7. The third kappa shape index (κ3) is 4.33. The zero-order valence-corrected chi connectivity index (χ0v) is 20.9. The van der Waals surface area contributed by atoms with Crippen molar-refractivity contribution >= 4 is 67.8 Å². The molecule has 3 atom stereocenters. The molecule has 0 amide bonds. The second-order valence-electron chi connectivity index (χ2n) is 8.12. The van der Waals surface area contributed by atoms with E-state index in [4.69, 9.17) is 46.4 Å². The molecule has 0 fully saturated rings. The number of fused-ring (bicyclic) bond motifs is 3. The maximum absolute atomic E-state index is 13.1. The monoisotopic (exact) mass is 538 g/mol. The van der Waals surface area contributed by atoms with E-state index in [-0.39, 0.29) is 33.5 Å². The van der Waals surface area contributed by atoms with Crippen molar-refractivity contribution in [3.8, 4) is 0 Å². The quantitative estimate of drug-likeness (QED) is 0.331. The van der Waals surface area contributed by atoms with Gasteiger partial charge >= 0.3 is 0 Å². The van der Waals surface area contributed by atoms with Crippen LogP contribution in [0.5, 0.6) is 0 Å². The van der Waals surface area contributed by atoms with Crippen LogP contribution in [0.2, 0.25) is 20.1 Å². The summed E-state index contributed by atoms with van der Waals surface area (Å²) >= 11 is 24.7. The SMILES string of the molecule is O=S(=O)(Nc1ccc(Cl)cc1Cl)c1ccc2c(c1)[C@H]1C=CC[C@H]1[C@@H](c1ccc(Cl)cc1Cl)N2. The van der Waals surface area contributed by atoms with Gasteiger partial charge in [0.2, 0.25) is 0 Å². The zero-order chi connectivity index (χ0) is 23.3. The van der Waals surface area contributed by atoms with E-state index >= 15 is 0 Å². The third-order valence-corrected chi connectivity index (χ3v) is 8.59. The highest BCUT2D eigenvalue weighted by Gasteiger charge is 2.39. The third-order valence-electron chi connectivity index (χ3n) is 6.12. The Morgan fingerprint density at radius 3 is 2.30 bits per heavy atom. The van der Waals surface area contributed by atoms with Gasteiger partial charge in [-0.1, -0.05) is 64.6 Å². The molecule has 0 saturated carbocycles. The van der Waals surface area contributed by atoms with Gasteiger partial charge in [-0.25, -0.2) is 8.42 Å². The molecular formula is C24H18Cl4N2O2S. The topological polar surface area (TPSA) is 58.2 Å². The molecule has 0 radical (unpaired) electrons. The molecule has 0 aromatic heterocycles. The Morgan fingerprint density at radius 2 is 1.58 bits per heavy atom. The first kappa shape index (κ1) is 22.9. The molecule has 9 heteroatoms. The van der Waals surface area contributed by atoms with Crippen molar-refractivity contribution in [1.82, 2.24) is 0 Å². The molecule has 170 valence electrons. The van der Waals surface area contributed by atoms with Crippen molar-refractivity contribution in [3.63, 3.8) is 0 Å². The number of nitrogens with one attached hydrogen (secondary N) is 2. The van der Waals surface area contributed by atoms with Gasteiger partial charge < -0.3 is 5.32 Å². The molecule has 4 nitrogen and oxygen atoms in total. The first-order valence-electron chi connectivity index (χ1n) is 10.2. The van der Waals surface area contributed by atoms with Crippen molar-refractivity contribution in [3.05, 3.63) is 98.0 Å². The van der Waals surface area contributed by atoms with Gasteiger partial charge in [0.15, 0.2) is 0 Å². The minimum Gasteiger partial charge on any atom is -0.378 e. The summed E-state index contributed by atoms with van der Waals surface area (Å²) in [6.07, 6.45) is 5.13. The van der Waals surface area contributed by atoms with E-state index in [0.29, 0.717) is 15.1 Å². The summed E-state index contributed by atoms with van der Waals surface area (Å²) in [6.45, 7) is 0. The predicted octanol–water partition coefficient (Wildman–Crippen LogP) is 7.93. The Balaban J connectivity index is 1.50. The van der Waals surface area contributed by atoms with E-state index in [1.165, 1.54) is 6.07 Å². The number of halogens is 4. The molecule has 0 spiro atoms. The lowest BCUT2D eigenvalue weighted by molar-refractivity contribution is 0.425. The number of benzene rings is 3. The van der Waals surface area contributed by atoms with E-state index in [2.05, 4.69) is 22.2 Å². The summed E-state index contributed by atoms with van der Waals surface area (Å²) in [5, 5.41) is 5.42. The largest absolute Gasteiger partial charge is 0.378 e. The lowest BCUT2D eigenvalue weighted by Crippen LogP contribution is -2.29. The number of anilines is 2. The molecule has 2 aliphatic rings. The van der Waals surface area contributed by atoms with Crippen molar-refractivity contribution in [2.24, 2.45) is 5.92 Å². The van der Waals surface area contributed by atoms with Gasteiger partial charge in [0.1, 0.15) is 0 Å². The molecule has 1 aliphatic heterocycles. The number of hydrogen-bond acceptors (Lipinski definition) is 3. The molecule has 5 rings (SSSR count). The van der Waals surface area contributed by atoms with Gasteiger partial charge in [0, 0.05) is 26.7 Å². The number of allylic oxidation sites excluding steroid dienone is 2. The highest BCUT2D eigenvalue weighted by molar-refractivity contribution is 7.92. The lowest BCUT2D eigenvalue weighted by atomic mass is 9.77. The fraction of sp³-hybridized carbons (Fsp3) is 0.167. The van der Waals surface area contributed by atoms with E-state index in [1.807, 2.05) is 12.1 Å². The number of sulfonamides is 1. The molecular weight excluding hydrogens is 522 g/mol. The Morgan fingerprint density at radius 1 is 0.848 bits per heavy atom. The van der Waals surface area contributed by atoms with Crippen LogP contribution in [0.15, 0.2) is 71.6 Å². The van der Waals surface area contributed by atoms with Crippen LogP contribution in [0.1, 0.15) is 29.5 Å². The van der Waals surface area contributed by atoms with Crippen molar-refractivity contribution in [1.29, 1.82) is 0 Å². The second kappa shape index (κ2) is 8.71. The van der Waals surface area contributed by atoms with Crippen molar-refractivity contribution < 1.29 is 8.42 Å². The summed E-state index contributed by atoms with van der Waals surface area (Å²) in [5.74, 6) is 0.264. The predicted molar refractivity (Wildman–Crippen MR) is 137 cm³/mol. The van der Waals surface area contributed by atoms with Gasteiger partial charge in [-0.05, 0) is 72.0 Å². The molecule has 0 saturated heterocycles. The molecule has 1 heterocycles. The molecule has 0 bridgehead atoms. The van der Waals surface area contributed by atoms with Crippen LogP contribution in [-0.2, 0) is 10.0 Å². The molecule has 3 aromatic carbocycles. The highest BCUT2D eigenvalue weighted by Crippen LogP contribution is 2.51. The second-order valence-corrected chi connectivity index (χ2v) is 11.5. The Hall–Kier alpha value is -1.89. The normalized spacial score (nSPS) is 21.3. The zero-order valence-electron chi connectivity index (χ0n) is 17.0. The Labute approximate surface area is 212 Å². The fourth-order valence-corrected chi connectivity index (χ4v) is 6.73. The van der Waals surface area contributed by atoms with Crippen LogP contribution in [0.4, 0.5) is 11.4 Å². The van der Waals surface area contributed by atoms with Crippen LogP contribution < -0.4 is 10.0 Å². The molecule has 33 heavy (non-hydrogen) atoms. The van der Waals surface area contributed by atoms with Crippen molar-refractivity contribution in [2.45, 2.75) is 23.3 Å².